The first kappa shape index (κ1) is 10.8. The summed E-state index contributed by atoms with van der Waals surface area (Å²) in [6, 6.07) is 6.22. The molecule has 1 aromatic carbocycles. The summed E-state index contributed by atoms with van der Waals surface area (Å²) >= 11 is 6.37. The molecule has 0 bridgehead atoms. The first-order valence-electron chi connectivity index (χ1n) is 5.49. The highest BCUT2D eigenvalue weighted by Gasteiger charge is 2.25. The van der Waals surface area contributed by atoms with Gasteiger partial charge in [0, 0.05) is 0 Å². The molecule has 0 radical (unpaired) electrons. The topological polar surface area (TPSA) is 9.23 Å². The number of alkyl halides is 1. The summed E-state index contributed by atoms with van der Waals surface area (Å²) in [5.41, 5.74) is 2.39. The number of halogens is 1. The minimum absolute atomic E-state index is 0.169. The Labute approximate surface area is 96.4 Å². The van der Waals surface area contributed by atoms with Gasteiger partial charge in [-0.15, -0.1) is 11.6 Å². The molecule has 1 nitrogen and oxygen atoms in total. The highest BCUT2D eigenvalue weighted by Crippen LogP contribution is 2.40. The van der Waals surface area contributed by atoms with Crippen molar-refractivity contribution in [2.75, 3.05) is 7.11 Å². The van der Waals surface area contributed by atoms with Crippen LogP contribution >= 0.6 is 11.6 Å². The maximum atomic E-state index is 6.37. The van der Waals surface area contributed by atoms with E-state index in [1.807, 2.05) is 6.07 Å². The molecule has 1 aliphatic rings. The van der Waals surface area contributed by atoms with E-state index in [1.165, 1.54) is 18.4 Å². The molecule has 1 fully saturated rings. The summed E-state index contributed by atoms with van der Waals surface area (Å²) in [5, 5.41) is 0.169. The van der Waals surface area contributed by atoms with Crippen molar-refractivity contribution < 1.29 is 4.74 Å². The quantitative estimate of drug-likeness (QED) is 0.701. The van der Waals surface area contributed by atoms with Crippen LogP contribution in [0, 0.1) is 12.8 Å². The highest BCUT2D eigenvalue weighted by molar-refractivity contribution is 6.20. The zero-order chi connectivity index (χ0) is 10.8. The summed E-state index contributed by atoms with van der Waals surface area (Å²) in [5.74, 6) is 1.81. The molecule has 0 N–H and O–H groups in total. The lowest BCUT2D eigenvalue weighted by atomic mass is 10.0. The Morgan fingerprint density at radius 2 is 2.20 bits per heavy atom. The smallest absolute Gasteiger partial charge is 0.121 e. The lowest BCUT2D eigenvalue weighted by Crippen LogP contribution is -1.94. The average Bonchev–Trinajstić information content (AvgIpc) is 3.01. The van der Waals surface area contributed by atoms with Gasteiger partial charge in [-0.1, -0.05) is 25.0 Å². The van der Waals surface area contributed by atoms with Crippen LogP contribution in [-0.2, 0) is 0 Å². The standard InChI is InChI=1S/C13H17ClO/c1-9-7-11(5-6-13(9)15-2)12(14)8-10-3-4-10/h5-7,10,12H,3-4,8H2,1-2H3. The van der Waals surface area contributed by atoms with E-state index in [1.54, 1.807) is 7.11 Å². The van der Waals surface area contributed by atoms with Crippen molar-refractivity contribution in [3.63, 3.8) is 0 Å². The van der Waals surface area contributed by atoms with E-state index in [-0.39, 0.29) is 5.38 Å². The monoisotopic (exact) mass is 224 g/mol. The van der Waals surface area contributed by atoms with Gasteiger partial charge >= 0.3 is 0 Å². The molecule has 15 heavy (non-hydrogen) atoms. The van der Waals surface area contributed by atoms with E-state index < -0.39 is 0 Å². The fraction of sp³-hybridized carbons (Fsp3) is 0.538. The number of aryl methyl sites for hydroxylation is 1. The normalized spacial score (nSPS) is 17.5. The summed E-state index contributed by atoms with van der Waals surface area (Å²) in [4.78, 5) is 0. The number of hydrogen-bond donors (Lipinski definition) is 0. The second-order valence-electron chi connectivity index (χ2n) is 4.38. The van der Waals surface area contributed by atoms with E-state index in [2.05, 4.69) is 19.1 Å². The molecule has 1 saturated carbocycles. The predicted octanol–water partition coefficient (Wildman–Crippen LogP) is 4.08. The molecule has 0 spiro atoms. The summed E-state index contributed by atoms with van der Waals surface area (Å²) in [7, 11) is 1.70. The lowest BCUT2D eigenvalue weighted by molar-refractivity contribution is 0.411. The van der Waals surface area contributed by atoms with Crippen LogP contribution in [-0.4, -0.2) is 7.11 Å². The molecular formula is C13H17ClO. The van der Waals surface area contributed by atoms with Gasteiger partial charge in [0.1, 0.15) is 5.75 Å². The van der Waals surface area contributed by atoms with Crippen LogP contribution in [0.2, 0.25) is 0 Å². The molecule has 1 atom stereocenters. The SMILES string of the molecule is COc1ccc(C(Cl)CC2CC2)cc1C. The van der Waals surface area contributed by atoms with Gasteiger partial charge in [-0.25, -0.2) is 0 Å². The number of benzene rings is 1. The van der Waals surface area contributed by atoms with Crippen molar-refractivity contribution in [2.45, 2.75) is 31.6 Å². The largest absolute Gasteiger partial charge is 0.496 e. The molecule has 1 aromatic rings. The third-order valence-corrected chi connectivity index (χ3v) is 3.45. The van der Waals surface area contributed by atoms with Crippen molar-refractivity contribution in [3.05, 3.63) is 29.3 Å². The Hall–Kier alpha value is -0.690. The Balaban J connectivity index is 2.09. The van der Waals surface area contributed by atoms with Crippen molar-refractivity contribution in [1.82, 2.24) is 0 Å². The fourth-order valence-electron chi connectivity index (χ4n) is 1.88. The van der Waals surface area contributed by atoms with Gasteiger partial charge < -0.3 is 4.74 Å². The molecule has 82 valence electrons. The van der Waals surface area contributed by atoms with Gasteiger partial charge in [0.05, 0.1) is 12.5 Å². The minimum atomic E-state index is 0.169. The molecular weight excluding hydrogens is 208 g/mol. The Morgan fingerprint density at radius 3 is 2.73 bits per heavy atom. The Bertz CT molecular complexity index is 344. The van der Waals surface area contributed by atoms with Crippen molar-refractivity contribution in [3.8, 4) is 5.75 Å². The zero-order valence-electron chi connectivity index (χ0n) is 9.29. The van der Waals surface area contributed by atoms with Gasteiger partial charge in [0.25, 0.3) is 0 Å². The van der Waals surface area contributed by atoms with Gasteiger partial charge in [0.15, 0.2) is 0 Å². The van der Waals surface area contributed by atoms with E-state index in [0.29, 0.717) is 0 Å². The summed E-state index contributed by atoms with van der Waals surface area (Å²) < 4.78 is 5.23. The molecule has 0 amide bonds. The first-order chi connectivity index (χ1) is 7.20. The van der Waals surface area contributed by atoms with Crippen LogP contribution in [0.4, 0.5) is 0 Å². The third-order valence-electron chi connectivity index (χ3n) is 3.02. The van der Waals surface area contributed by atoms with Crippen LogP contribution < -0.4 is 4.74 Å². The maximum absolute atomic E-state index is 6.37. The fourth-order valence-corrected chi connectivity index (χ4v) is 2.27. The molecule has 0 aliphatic heterocycles. The molecule has 1 aliphatic carbocycles. The molecule has 0 aromatic heterocycles. The van der Waals surface area contributed by atoms with E-state index in [4.69, 9.17) is 16.3 Å². The number of methoxy groups -OCH3 is 1. The van der Waals surface area contributed by atoms with Crippen molar-refractivity contribution in [1.29, 1.82) is 0 Å². The van der Waals surface area contributed by atoms with Gasteiger partial charge in [-0.3, -0.25) is 0 Å². The average molecular weight is 225 g/mol. The molecule has 2 rings (SSSR count). The molecule has 1 unspecified atom stereocenters. The van der Waals surface area contributed by atoms with E-state index >= 15 is 0 Å². The molecule has 0 heterocycles. The number of hydrogen-bond acceptors (Lipinski definition) is 1. The van der Waals surface area contributed by atoms with Gasteiger partial charge in [-0.2, -0.15) is 0 Å². The second kappa shape index (κ2) is 4.44. The van der Waals surface area contributed by atoms with Crippen molar-refractivity contribution >= 4 is 11.6 Å². The lowest BCUT2D eigenvalue weighted by Gasteiger charge is -2.11. The molecule has 0 saturated heterocycles. The third kappa shape index (κ3) is 2.66. The number of rotatable bonds is 4. The summed E-state index contributed by atoms with van der Waals surface area (Å²) in [6.07, 6.45) is 3.84. The van der Waals surface area contributed by atoms with Crippen LogP contribution in [0.3, 0.4) is 0 Å². The molecule has 2 heteroatoms. The van der Waals surface area contributed by atoms with Crippen LogP contribution in [0.1, 0.15) is 35.8 Å². The van der Waals surface area contributed by atoms with E-state index in [9.17, 15) is 0 Å². The first-order valence-corrected chi connectivity index (χ1v) is 5.93. The second-order valence-corrected chi connectivity index (χ2v) is 4.90. The summed E-state index contributed by atoms with van der Waals surface area (Å²) in [6.45, 7) is 2.06. The van der Waals surface area contributed by atoms with Gasteiger partial charge in [0.2, 0.25) is 0 Å². The predicted molar refractivity (Wildman–Crippen MR) is 63.7 cm³/mol. The van der Waals surface area contributed by atoms with Crippen LogP contribution in [0.25, 0.3) is 0 Å². The number of ether oxygens (including phenoxy) is 1. The Morgan fingerprint density at radius 1 is 1.47 bits per heavy atom. The highest BCUT2D eigenvalue weighted by atomic mass is 35.5. The Kier molecular flexibility index (Phi) is 3.20. The van der Waals surface area contributed by atoms with Crippen LogP contribution in [0.5, 0.6) is 5.75 Å². The van der Waals surface area contributed by atoms with Crippen LogP contribution in [0.15, 0.2) is 18.2 Å². The maximum Gasteiger partial charge on any atom is 0.121 e. The zero-order valence-corrected chi connectivity index (χ0v) is 10.1. The van der Waals surface area contributed by atoms with Gasteiger partial charge in [-0.05, 0) is 36.5 Å². The van der Waals surface area contributed by atoms with E-state index in [0.717, 1.165) is 23.7 Å². The van der Waals surface area contributed by atoms with Crippen molar-refractivity contribution in [2.24, 2.45) is 5.92 Å². The minimum Gasteiger partial charge on any atom is -0.496 e.